The van der Waals surface area contributed by atoms with E-state index in [0.29, 0.717) is 0 Å². The van der Waals surface area contributed by atoms with E-state index in [-0.39, 0.29) is 6.10 Å². The maximum Gasteiger partial charge on any atom is 0.0971 e. The predicted molar refractivity (Wildman–Crippen MR) is 56.5 cm³/mol. The molecular formula is C12H18O. The monoisotopic (exact) mass is 178 g/mol. The van der Waals surface area contributed by atoms with Gasteiger partial charge in [0.25, 0.3) is 0 Å². The van der Waals surface area contributed by atoms with Crippen molar-refractivity contribution in [3.8, 4) is 0 Å². The molecule has 0 fully saturated rings. The third-order valence-electron chi connectivity index (χ3n) is 2.22. The number of aliphatic hydroxyl groups is 1. The highest BCUT2D eigenvalue weighted by molar-refractivity contribution is 5.34. The van der Waals surface area contributed by atoms with Gasteiger partial charge in [0.1, 0.15) is 0 Å². The lowest BCUT2D eigenvalue weighted by Gasteiger charge is -2.09. The van der Waals surface area contributed by atoms with E-state index in [1.165, 1.54) is 19.3 Å². The molecule has 72 valence electrons. The fraction of sp³-hybridized carbons (Fsp3) is 0.500. The van der Waals surface area contributed by atoms with Crippen molar-refractivity contribution in [2.24, 2.45) is 0 Å². The van der Waals surface area contributed by atoms with E-state index >= 15 is 0 Å². The van der Waals surface area contributed by atoms with Crippen molar-refractivity contribution in [2.75, 3.05) is 0 Å². The minimum atomic E-state index is -0.383. The molecule has 0 aromatic carbocycles. The molecule has 1 atom stereocenters. The normalized spacial score (nSPS) is 24.2. The summed E-state index contributed by atoms with van der Waals surface area (Å²) in [5.74, 6) is 0. The van der Waals surface area contributed by atoms with Gasteiger partial charge in [0.2, 0.25) is 0 Å². The minimum Gasteiger partial charge on any atom is -0.384 e. The van der Waals surface area contributed by atoms with Crippen LogP contribution in [0, 0.1) is 0 Å². The number of rotatable bonds is 4. The Bertz CT molecular complexity index is 223. The topological polar surface area (TPSA) is 20.2 Å². The van der Waals surface area contributed by atoms with Gasteiger partial charge in [-0.3, -0.25) is 0 Å². The van der Waals surface area contributed by atoms with Gasteiger partial charge < -0.3 is 5.11 Å². The molecule has 0 aliphatic heterocycles. The Kier molecular flexibility index (Phi) is 4.55. The largest absolute Gasteiger partial charge is 0.384 e. The predicted octanol–water partition coefficient (Wildman–Crippen LogP) is 2.98. The maximum absolute atomic E-state index is 9.52. The van der Waals surface area contributed by atoms with E-state index in [1.54, 1.807) is 0 Å². The molecule has 0 saturated carbocycles. The number of hydrogen-bond donors (Lipinski definition) is 1. The first-order valence-electron chi connectivity index (χ1n) is 5.07. The van der Waals surface area contributed by atoms with Gasteiger partial charge in [0, 0.05) is 0 Å². The summed E-state index contributed by atoms with van der Waals surface area (Å²) in [4.78, 5) is 0. The summed E-state index contributed by atoms with van der Waals surface area (Å²) >= 11 is 0. The molecule has 0 spiro atoms. The van der Waals surface area contributed by atoms with Crippen LogP contribution in [-0.2, 0) is 0 Å². The van der Waals surface area contributed by atoms with Gasteiger partial charge in [-0.1, -0.05) is 50.1 Å². The molecule has 1 rings (SSSR count). The van der Waals surface area contributed by atoms with E-state index in [9.17, 15) is 5.11 Å². The zero-order valence-corrected chi connectivity index (χ0v) is 8.24. The average molecular weight is 178 g/mol. The lowest BCUT2D eigenvalue weighted by atomic mass is 10.0. The number of allylic oxidation sites excluding steroid dienone is 3. The summed E-state index contributed by atoms with van der Waals surface area (Å²) in [7, 11) is 0. The van der Waals surface area contributed by atoms with Crippen molar-refractivity contribution in [2.45, 2.75) is 38.7 Å². The first-order chi connectivity index (χ1) is 6.34. The van der Waals surface area contributed by atoms with Gasteiger partial charge in [-0.05, 0) is 18.4 Å². The summed E-state index contributed by atoms with van der Waals surface area (Å²) in [6.07, 6.45) is 14.2. The van der Waals surface area contributed by atoms with Gasteiger partial charge in [0.05, 0.1) is 6.10 Å². The minimum absolute atomic E-state index is 0.383. The third-order valence-corrected chi connectivity index (χ3v) is 2.22. The van der Waals surface area contributed by atoms with Crippen LogP contribution >= 0.6 is 0 Å². The molecule has 1 N–H and O–H groups in total. The summed E-state index contributed by atoms with van der Waals surface area (Å²) in [5.41, 5.74) is 1.04. The summed E-state index contributed by atoms with van der Waals surface area (Å²) in [5, 5.41) is 9.52. The number of hydrogen-bond acceptors (Lipinski definition) is 1. The van der Waals surface area contributed by atoms with Crippen molar-refractivity contribution < 1.29 is 5.11 Å². The first kappa shape index (κ1) is 10.3. The fourth-order valence-electron chi connectivity index (χ4n) is 1.40. The Hall–Kier alpha value is -0.820. The molecule has 0 amide bonds. The maximum atomic E-state index is 9.52. The van der Waals surface area contributed by atoms with Gasteiger partial charge in [-0.25, -0.2) is 0 Å². The second-order valence-electron chi connectivity index (χ2n) is 3.39. The lowest BCUT2D eigenvalue weighted by Crippen LogP contribution is -2.06. The zero-order chi connectivity index (χ0) is 9.52. The van der Waals surface area contributed by atoms with E-state index in [2.05, 4.69) is 13.0 Å². The van der Waals surface area contributed by atoms with Crippen LogP contribution in [0.2, 0.25) is 0 Å². The van der Waals surface area contributed by atoms with Crippen LogP contribution < -0.4 is 0 Å². The van der Waals surface area contributed by atoms with Crippen molar-refractivity contribution in [3.63, 3.8) is 0 Å². The molecule has 1 unspecified atom stereocenters. The smallest absolute Gasteiger partial charge is 0.0971 e. The molecule has 0 bridgehead atoms. The van der Waals surface area contributed by atoms with Crippen LogP contribution in [0.4, 0.5) is 0 Å². The standard InChI is InChI=1S/C12H18O/c1-2-3-4-5-8-11-9-6-7-10-12(11)13/h6-10,12-13H,2-5H2,1H3. The Balaban J connectivity index is 2.33. The molecule has 0 aromatic heterocycles. The highest BCUT2D eigenvalue weighted by atomic mass is 16.3. The number of aliphatic hydroxyl groups excluding tert-OH is 1. The lowest BCUT2D eigenvalue weighted by molar-refractivity contribution is 0.261. The van der Waals surface area contributed by atoms with Crippen LogP contribution in [0.3, 0.4) is 0 Å². The molecule has 13 heavy (non-hydrogen) atoms. The quantitative estimate of drug-likeness (QED) is 0.656. The Morgan fingerprint density at radius 1 is 1.38 bits per heavy atom. The van der Waals surface area contributed by atoms with Crippen LogP contribution in [0.15, 0.2) is 36.0 Å². The van der Waals surface area contributed by atoms with Crippen LogP contribution in [0.1, 0.15) is 32.6 Å². The molecule has 0 radical (unpaired) electrons. The molecule has 0 aromatic rings. The van der Waals surface area contributed by atoms with Crippen molar-refractivity contribution >= 4 is 0 Å². The fourth-order valence-corrected chi connectivity index (χ4v) is 1.40. The third kappa shape index (κ3) is 3.60. The molecule has 1 nitrogen and oxygen atoms in total. The van der Waals surface area contributed by atoms with E-state index < -0.39 is 0 Å². The van der Waals surface area contributed by atoms with Gasteiger partial charge >= 0.3 is 0 Å². The van der Waals surface area contributed by atoms with Crippen molar-refractivity contribution in [1.82, 2.24) is 0 Å². The van der Waals surface area contributed by atoms with E-state index in [1.807, 2.05) is 24.3 Å². The van der Waals surface area contributed by atoms with Crippen molar-refractivity contribution in [3.05, 3.63) is 36.0 Å². The summed E-state index contributed by atoms with van der Waals surface area (Å²) in [6.45, 7) is 2.20. The molecule has 1 aliphatic rings. The molecular weight excluding hydrogens is 160 g/mol. The molecule has 0 heterocycles. The Morgan fingerprint density at radius 2 is 2.23 bits per heavy atom. The number of unbranched alkanes of at least 4 members (excludes halogenated alkanes) is 3. The average Bonchev–Trinajstić information content (AvgIpc) is 2.15. The Labute approximate surface area is 80.5 Å². The molecule has 1 aliphatic carbocycles. The zero-order valence-electron chi connectivity index (χ0n) is 8.24. The van der Waals surface area contributed by atoms with Crippen molar-refractivity contribution in [1.29, 1.82) is 0 Å². The first-order valence-corrected chi connectivity index (χ1v) is 5.07. The van der Waals surface area contributed by atoms with Crippen LogP contribution in [0.5, 0.6) is 0 Å². The highest BCUT2D eigenvalue weighted by Crippen LogP contribution is 2.13. The van der Waals surface area contributed by atoms with Gasteiger partial charge in [-0.2, -0.15) is 0 Å². The SMILES string of the molecule is CCCCCC=C1C=CC=CC1O. The van der Waals surface area contributed by atoms with Gasteiger partial charge in [-0.15, -0.1) is 0 Å². The van der Waals surface area contributed by atoms with Gasteiger partial charge in [0.15, 0.2) is 0 Å². The Morgan fingerprint density at radius 3 is 2.92 bits per heavy atom. The van der Waals surface area contributed by atoms with E-state index in [0.717, 1.165) is 12.0 Å². The summed E-state index contributed by atoms with van der Waals surface area (Å²) in [6, 6.07) is 0. The van der Waals surface area contributed by atoms with Crippen LogP contribution in [0.25, 0.3) is 0 Å². The van der Waals surface area contributed by atoms with Crippen LogP contribution in [-0.4, -0.2) is 11.2 Å². The van der Waals surface area contributed by atoms with E-state index in [4.69, 9.17) is 0 Å². The highest BCUT2D eigenvalue weighted by Gasteiger charge is 2.05. The molecule has 0 saturated heterocycles. The second-order valence-corrected chi connectivity index (χ2v) is 3.39. The summed E-state index contributed by atoms with van der Waals surface area (Å²) < 4.78 is 0. The second kappa shape index (κ2) is 5.76. The molecule has 1 heteroatoms.